The van der Waals surface area contributed by atoms with Crippen LogP contribution in [0.5, 0.6) is 0 Å². The van der Waals surface area contributed by atoms with Crippen LogP contribution >= 0.6 is 0 Å². The maximum atomic E-state index is 3.58. The Morgan fingerprint density at radius 1 is 0.150 bits per heavy atom. The SMILES string of the molecule is c1ccc2c(c1)Cc1cc3c(cc1-2)-c1ccccc1C3.c1ccc2c(c1)Cc1cc3c(cc1-2)[nH]c1ccccc13.c1ccc2c(c1)[nH]c1c2ccc2[nH]c3ccccc3c21.c1ccc2c(c1)[nH]c1c2ccc2c3ccccc3[nH]c21.c1ccc2c(c1)[nH]c1ccc3[nH]c4ccccc4c3c12. The topological polar surface area (TPSA) is 111 Å². The fraction of sp³-hybridized carbons (Fsp3) is 0.0323. The number of hydrogen-bond donors (Lipinski definition) is 7. The molecule has 3 aliphatic rings. The van der Waals surface area contributed by atoms with Crippen LogP contribution in [0.3, 0.4) is 0 Å². The molecule has 100 heavy (non-hydrogen) atoms. The Kier molecular flexibility index (Phi) is 12.5. The Bertz CT molecular complexity index is 6830. The zero-order valence-electron chi connectivity index (χ0n) is 54.5. The van der Waals surface area contributed by atoms with Crippen molar-refractivity contribution in [2.75, 3.05) is 0 Å². The molecule has 7 aromatic heterocycles. The van der Waals surface area contributed by atoms with Gasteiger partial charge in [0.15, 0.2) is 0 Å². The molecule has 15 aromatic carbocycles. The minimum absolute atomic E-state index is 1.06. The van der Waals surface area contributed by atoms with Crippen LogP contribution < -0.4 is 0 Å². The molecule has 470 valence electrons. The molecule has 0 amide bonds. The van der Waals surface area contributed by atoms with Crippen LogP contribution in [0.25, 0.3) is 186 Å². The van der Waals surface area contributed by atoms with Crippen LogP contribution in [0.1, 0.15) is 33.4 Å². The van der Waals surface area contributed by atoms with Crippen LogP contribution in [0.4, 0.5) is 0 Å². The highest BCUT2D eigenvalue weighted by Crippen LogP contribution is 2.46. The van der Waals surface area contributed by atoms with Crippen molar-refractivity contribution in [3.63, 3.8) is 0 Å². The first-order chi connectivity index (χ1) is 49.5. The molecule has 0 saturated heterocycles. The average molecular weight is 1280 g/mol. The van der Waals surface area contributed by atoms with Crippen molar-refractivity contribution in [2.45, 2.75) is 19.3 Å². The molecule has 0 fully saturated rings. The summed E-state index contributed by atoms with van der Waals surface area (Å²) in [4.78, 5) is 24.7. The Hall–Kier alpha value is -13.1. The molecule has 0 bridgehead atoms. The zero-order chi connectivity index (χ0) is 65.5. The van der Waals surface area contributed by atoms with Crippen molar-refractivity contribution < 1.29 is 0 Å². The smallest absolute Gasteiger partial charge is 0.0710 e. The average Bonchev–Trinajstić information content (AvgIpc) is 1.60. The molecule has 0 atom stereocenters. The Labute approximate surface area is 573 Å². The standard InChI is InChI=1S/C20H14.C19H13N.3C18H12N2/c1-3-7-17-13(5-1)9-15-11-16-10-14-6-2-4-8-18(14)20(16)12-19(15)17;1-2-6-14-12(5-1)9-13-10-17-15-7-3-4-8-18(15)20-19(17)11-16(13)14;1-3-7-14-11(5-1)12-9-10-16-17(18(12)20-14)13-6-2-4-8-15(13)19-16;1-3-7-15-11(5-1)13-9-10-14-12-6-2-4-8-16(12)20-18(14)17(13)19-15;1-3-7-13-11(5-1)17-15(19-13)9-10-16-18(17)12-6-2-4-8-14(12)20-16/h1-8,11-12H,9-10H2;1-8,10-11,20H,9H2;3*1-10,19-20H. The normalized spacial score (nSPS) is 12.5. The molecule has 0 saturated carbocycles. The number of benzene rings is 15. The van der Waals surface area contributed by atoms with Crippen LogP contribution in [-0.4, -0.2) is 34.9 Å². The summed E-state index contributed by atoms with van der Waals surface area (Å²) in [5, 5.41) is 18.1. The van der Waals surface area contributed by atoms with E-state index in [0.29, 0.717) is 0 Å². The third-order valence-electron chi connectivity index (χ3n) is 21.6. The number of hydrogen-bond acceptors (Lipinski definition) is 0. The van der Waals surface area contributed by atoms with Crippen LogP contribution in [0.2, 0.25) is 0 Å². The number of aromatic amines is 7. The number of aromatic nitrogens is 7. The van der Waals surface area contributed by atoms with E-state index in [1.807, 2.05) is 0 Å². The molecule has 7 N–H and O–H groups in total. The number of fused-ring (bicyclic) bond motifs is 33. The van der Waals surface area contributed by atoms with Crippen molar-refractivity contribution >= 4 is 153 Å². The predicted molar refractivity (Wildman–Crippen MR) is 422 cm³/mol. The number of H-pyrrole nitrogens is 7. The maximum absolute atomic E-state index is 3.58. The van der Waals surface area contributed by atoms with Gasteiger partial charge in [-0.1, -0.05) is 224 Å². The molecule has 7 heterocycles. The van der Waals surface area contributed by atoms with Gasteiger partial charge in [0.25, 0.3) is 0 Å². The second kappa shape index (κ2) is 22.2. The van der Waals surface area contributed by atoms with Gasteiger partial charge in [-0.2, -0.15) is 0 Å². The van der Waals surface area contributed by atoms with Gasteiger partial charge in [-0.3, -0.25) is 0 Å². The molecule has 0 radical (unpaired) electrons. The largest absolute Gasteiger partial charge is 0.354 e. The van der Waals surface area contributed by atoms with Crippen molar-refractivity contribution in [1.29, 1.82) is 0 Å². The summed E-state index contributed by atoms with van der Waals surface area (Å²) in [7, 11) is 0. The van der Waals surface area contributed by atoms with E-state index in [1.165, 1.54) is 219 Å². The summed E-state index contributed by atoms with van der Waals surface area (Å²) in [6.45, 7) is 0. The first-order valence-corrected chi connectivity index (χ1v) is 34.7. The lowest BCUT2D eigenvalue weighted by atomic mass is 9.98. The van der Waals surface area contributed by atoms with Crippen molar-refractivity contribution in [1.82, 2.24) is 34.9 Å². The molecule has 7 nitrogen and oxygen atoms in total. The predicted octanol–water partition coefficient (Wildman–Crippen LogP) is 24.6. The number of rotatable bonds is 0. The molecule has 3 aliphatic carbocycles. The summed E-state index contributed by atoms with van der Waals surface area (Å²) < 4.78 is 0. The van der Waals surface area contributed by atoms with E-state index in [4.69, 9.17) is 0 Å². The van der Waals surface area contributed by atoms with Gasteiger partial charge in [-0.05, 0) is 165 Å². The molecular formula is C93H63N7. The van der Waals surface area contributed by atoms with Gasteiger partial charge in [0, 0.05) is 136 Å². The first kappa shape index (κ1) is 56.1. The molecule has 25 rings (SSSR count). The minimum atomic E-state index is 1.06. The lowest BCUT2D eigenvalue weighted by molar-refractivity contribution is 1.21. The first-order valence-electron chi connectivity index (χ1n) is 34.7. The summed E-state index contributed by atoms with van der Waals surface area (Å²) in [5.41, 5.74) is 34.1. The van der Waals surface area contributed by atoms with E-state index >= 15 is 0 Å². The monoisotopic (exact) mass is 1280 g/mol. The van der Waals surface area contributed by atoms with Gasteiger partial charge in [0.2, 0.25) is 0 Å². The molecule has 22 aromatic rings. The summed E-state index contributed by atoms with van der Waals surface area (Å²) >= 11 is 0. The fourth-order valence-corrected chi connectivity index (χ4v) is 17.0. The van der Waals surface area contributed by atoms with Crippen molar-refractivity contribution in [2.24, 2.45) is 0 Å². The Morgan fingerprint density at radius 2 is 0.440 bits per heavy atom. The highest BCUT2D eigenvalue weighted by atomic mass is 14.8. The summed E-state index contributed by atoms with van der Waals surface area (Å²) in [6, 6.07) is 108. The molecule has 0 spiro atoms. The van der Waals surface area contributed by atoms with Crippen molar-refractivity contribution in [3.8, 4) is 33.4 Å². The van der Waals surface area contributed by atoms with E-state index in [2.05, 4.69) is 338 Å². The van der Waals surface area contributed by atoms with Crippen LogP contribution in [0, 0.1) is 0 Å². The maximum Gasteiger partial charge on any atom is 0.0710 e. The van der Waals surface area contributed by atoms with Gasteiger partial charge >= 0.3 is 0 Å². The highest BCUT2D eigenvalue weighted by molar-refractivity contribution is 6.28. The van der Waals surface area contributed by atoms with Gasteiger partial charge in [-0.15, -0.1) is 0 Å². The van der Waals surface area contributed by atoms with E-state index in [-0.39, 0.29) is 0 Å². The molecule has 0 unspecified atom stereocenters. The lowest BCUT2D eigenvalue weighted by Gasteiger charge is -2.06. The molecular weight excluding hydrogens is 1220 g/mol. The van der Waals surface area contributed by atoms with E-state index < -0.39 is 0 Å². The minimum Gasteiger partial charge on any atom is -0.354 e. The van der Waals surface area contributed by atoms with Gasteiger partial charge in [0.1, 0.15) is 0 Å². The second-order valence-electron chi connectivity index (χ2n) is 27.1. The lowest BCUT2D eigenvalue weighted by Crippen LogP contribution is -1.86. The molecule has 7 heteroatoms. The second-order valence-corrected chi connectivity index (χ2v) is 27.1. The van der Waals surface area contributed by atoms with Crippen molar-refractivity contribution in [3.05, 3.63) is 337 Å². The van der Waals surface area contributed by atoms with Crippen LogP contribution in [-0.2, 0) is 19.3 Å². The van der Waals surface area contributed by atoms with E-state index in [1.54, 1.807) is 0 Å². The zero-order valence-corrected chi connectivity index (χ0v) is 54.5. The third kappa shape index (κ3) is 8.85. The van der Waals surface area contributed by atoms with E-state index in [9.17, 15) is 0 Å². The number of para-hydroxylation sites is 7. The fourth-order valence-electron chi connectivity index (χ4n) is 17.0. The van der Waals surface area contributed by atoms with Gasteiger partial charge in [0.05, 0.1) is 16.6 Å². The van der Waals surface area contributed by atoms with Crippen LogP contribution in [0.15, 0.2) is 303 Å². The third-order valence-corrected chi connectivity index (χ3v) is 21.6. The van der Waals surface area contributed by atoms with E-state index in [0.717, 1.165) is 19.3 Å². The Morgan fingerprint density at radius 3 is 0.890 bits per heavy atom. The summed E-state index contributed by atoms with van der Waals surface area (Å²) in [5.74, 6) is 0. The molecule has 0 aliphatic heterocycles. The number of nitrogens with one attached hydrogen (secondary N) is 7. The Balaban J connectivity index is 0.0000000818. The van der Waals surface area contributed by atoms with Gasteiger partial charge in [-0.25, -0.2) is 0 Å². The summed E-state index contributed by atoms with van der Waals surface area (Å²) in [6.07, 6.45) is 3.24. The quantitative estimate of drug-likeness (QED) is 0.0785. The highest BCUT2D eigenvalue weighted by Gasteiger charge is 2.26. The van der Waals surface area contributed by atoms with Gasteiger partial charge < -0.3 is 34.9 Å².